The number of fused-ring (bicyclic) bond motifs is 2. The minimum Gasteiger partial charge on any atom is -0.366 e. The molecule has 1 aromatic heterocycles. The van der Waals surface area contributed by atoms with Crippen LogP contribution < -0.4 is 15.3 Å². The maximum Gasteiger partial charge on any atom is 0.256 e. The first kappa shape index (κ1) is 20.4. The fourth-order valence-corrected chi connectivity index (χ4v) is 6.01. The van der Waals surface area contributed by atoms with Crippen molar-refractivity contribution in [3.05, 3.63) is 83.0 Å². The lowest BCUT2D eigenvalue weighted by Gasteiger charge is -2.33. The molecule has 7 heteroatoms. The topological polar surface area (TPSA) is 60.5 Å². The summed E-state index contributed by atoms with van der Waals surface area (Å²) in [5, 5.41) is 6.53. The zero-order valence-corrected chi connectivity index (χ0v) is 19.5. The van der Waals surface area contributed by atoms with Gasteiger partial charge in [-0.25, -0.2) is 4.98 Å². The Morgan fingerprint density at radius 1 is 1.03 bits per heavy atom. The predicted octanol–water partition coefficient (Wildman–Crippen LogP) is 4.43. The van der Waals surface area contributed by atoms with Crippen LogP contribution in [0.15, 0.2) is 60.8 Å². The van der Waals surface area contributed by atoms with Crippen LogP contribution in [0.2, 0.25) is 0 Å². The van der Waals surface area contributed by atoms with Gasteiger partial charge in [0.25, 0.3) is 5.91 Å². The molecule has 3 aromatic rings. The summed E-state index contributed by atoms with van der Waals surface area (Å²) in [6.07, 6.45) is 4.02. The van der Waals surface area contributed by atoms with Gasteiger partial charge in [0.05, 0.1) is 0 Å². The molecule has 0 radical (unpaired) electrons. The van der Waals surface area contributed by atoms with Gasteiger partial charge in [0.2, 0.25) is 0 Å². The van der Waals surface area contributed by atoms with E-state index < -0.39 is 0 Å². The third-order valence-corrected chi connectivity index (χ3v) is 8.04. The largest absolute Gasteiger partial charge is 0.366 e. The first-order valence-electron chi connectivity index (χ1n) is 11.3. The number of hydrogen-bond donors (Lipinski definition) is 2. The zero-order chi connectivity index (χ0) is 22.4. The van der Waals surface area contributed by atoms with Gasteiger partial charge < -0.3 is 20.2 Å². The van der Waals surface area contributed by atoms with Crippen LogP contribution in [0.3, 0.4) is 0 Å². The lowest BCUT2D eigenvalue weighted by atomic mass is 9.99. The second kappa shape index (κ2) is 8.29. The van der Waals surface area contributed by atoms with Gasteiger partial charge >= 0.3 is 0 Å². The van der Waals surface area contributed by atoms with Gasteiger partial charge in [-0.15, -0.1) is 0 Å². The lowest BCUT2D eigenvalue weighted by molar-refractivity contribution is -0.110. The van der Waals surface area contributed by atoms with Crippen LogP contribution >= 0.6 is 8.73 Å². The lowest BCUT2D eigenvalue weighted by Crippen LogP contribution is -2.44. The van der Waals surface area contributed by atoms with Crippen LogP contribution in [0, 0.1) is 0 Å². The highest BCUT2D eigenvalue weighted by molar-refractivity contribution is 7.41. The van der Waals surface area contributed by atoms with Crippen molar-refractivity contribution in [1.82, 2.24) is 9.88 Å². The number of piperazine rings is 1. The van der Waals surface area contributed by atoms with Gasteiger partial charge in [0, 0.05) is 60.5 Å². The third-order valence-electron chi connectivity index (χ3n) is 6.69. The number of para-hydroxylation sites is 1. The Bertz CT molecular complexity index is 1250. The van der Waals surface area contributed by atoms with E-state index in [1.165, 1.54) is 11.1 Å². The molecule has 2 unspecified atom stereocenters. The first-order valence-corrected chi connectivity index (χ1v) is 12.4. The quantitative estimate of drug-likeness (QED) is 0.452. The molecule has 0 bridgehead atoms. The molecule has 0 aliphatic carbocycles. The number of carbonyl (C=O) groups excluding carboxylic acids is 1. The SMILES string of the molecule is CN1CCN(c2ccc(C3PNc4cc(/C=C5/C(=O)Nc6ccccc65)ccc43)cn2)CC1. The molecular weight excluding hydrogens is 429 g/mol. The van der Waals surface area contributed by atoms with Crippen LogP contribution in [-0.4, -0.2) is 49.0 Å². The van der Waals surface area contributed by atoms with Gasteiger partial charge in [-0.2, -0.15) is 0 Å². The van der Waals surface area contributed by atoms with Crippen molar-refractivity contribution >= 4 is 43.5 Å². The van der Waals surface area contributed by atoms with Gasteiger partial charge in [0.1, 0.15) is 5.82 Å². The number of hydrogen-bond acceptors (Lipinski definition) is 5. The normalized spacial score (nSPS) is 21.7. The molecule has 6 nitrogen and oxygen atoms in total. The Kier molecular flexibility index (Phi) is 5.12. The van der Waals surface area contributed by atoms with E-state index in [2.05, 4.69) is 57.6 Å². The molecule has 3 aliphatic rings. The van der Waals surface area contributed by atoms with Gasteiger partial charge in [-0.1, -0.05) is 36.4 Å². The Morgan fingerprint density at radius 3 is 2.70 bits per heavy atom. The van der Waals surface area contributed by atoms with Crippen molar-refractivity contribution in [3.8, 4) is 0 Å². The van der Waals surface area contributed by atoms with Crippen molar-refractivity contribution in [2.75, 3.05) is 48.5 Å². The summed E-state index contributed by atoms with van der Waals surface area (Å²) < 4.78 is 0. The van der Waals surface area contributed by atoms with E-state index in [1.807, 2.05) is 36.5 Å². The minimum absolute atomic E-state index is 0.0454. The monoisotopic (exact) mass is 455 g/mol. The fraction of sp³-hybridized carbons (Fsp3) is 0.231. The van der Waals surface area contributed by atoms with E-state index in [0.29, 0.717) is 20.0 Å². The number of benzene rings is 2. The summed E-state index contributed by atoms with van der Waals surface area (Å²) >= 11 is 0. The Labute approximate surface area is 195 Å². The second-order valence-electron chi connectivity index (χ2n) is 8.85. The number of carbonyl (C=O) groups is 1. The van der Waals surface area contributed by atoms with E-state index in [-0.39, 0.29) is 5.91 Å². The Morgan fingerprint density at radius 2 is 1.88 bits per heavy atom. The molecule has 33 heavy (non-hydrogen) atoms. The van der Waals surface area contributed by atoms with Crippen LogP contribution in [0.4, 0.5) is 17.2 Å². The first-order chi connectivity index (χ1) is 16.2. The summed E-state index contributed by atoms with van der Waals surface area (Å²) in [4.78, 5) is 22.0. The molecule has 2 N–H and O–H groups in total. The summed E-state index contributed by atoms with van der Waals surface area (Å²) in [5.74, 6) is 1.02. The second-order valence-corrected chi connectivity index (χ2v) is 9.96. The molecule has 0 spiro atoms. The summed E-state index contributed by atoms with van der Waals surface area (Å²) in [7, 11) is 2.74. The van der Waals surface area contributed by atoms with Crippen LogP contribution in [0.5, 0.6) is 0 Å². The van der Waals surface area contributed by atoms with E-state index in [0.717, 1.165) is 54.5 Å². The summed E-state index contributed by atoms with van der Waals surface area (Å²) in [5.41, 5.74) is 7.56. The molecule has 2 atom stereocenters. The van der Waals surface area contributed by atoms with Gasteiger partial charge in [-0.05, 0) is 56.7 Å². The maximum absolute atomic E-state index is 12.5. The molecule has 4 heterocycles. The average molecular weight is 456 g/mol. The number of pyridine rings is 1. The molecule has 1 fully saturated rings. The Balaban J connectivity index is 1.23. The van der Waals surface area contributed by atoms with Crippen LogP contribution in [0.25, 0.3) is 11.6 Å². The molecule has 0 saturated carbocycles. The number of anilines is 3. The van der Waals surface area contributed by atoms with Crippen molar-refractivity contribution in [2.45, 2.75) is 5.66 Å². The molecule has 2 aromatic carbocycles. The third kappa shape index (κ3) is 3.79. The van der Waals surface area contributed by atoms with Crippen molar-refractivity contribution in [1.29, 1.82) is 0 Å². The minimum atomic E-state index is -0.0454. The van der Waals surface area contributed by atoms with E-state index in [1.54, 1.807) is 0 Å². The number of aromatic nitrogens is 1. The molecule has 1 saturated heterocycles. The highest BCUT2D eigenvalue weighted by atomic mass is 31.1. The number of likely N-dealkylation sites (N-methyl/N-ethyl adjacent to an activating group) is 1. The smallest absolute Gasteiger partial charge is 0.256 e. The molecular formula is C26H26N5OP. The van der Waals surface area contributed by atoms with Gasteiger partial charge in [-0.3, -0.25) is 4.79 Å². The van der Waals surface area contributed by atoms with E-state index in [9.17, 15) is 4.79 Å². The highest BCUT2D eigenvalue weighted by Crippen LogP contribution is 2.50. The number of rotatable bonds is 3. The van der Waals surface area contributed by atoms with Gasteiger partial charge in [0.15, 0.2) is 0 Å². The van der Waals surface area contributed by atoms with Crippen molar-refractivity contribution in [3.63, 3.8) is 0 Å². The molecule has 166 valence electrons. The maximum atomic E-state index is 12.5. The van der Waals surface area contributed by atoms with Crippen LogP contribution in [-0.2, 0) is 4.79 Å². The van der Waals surface area contributed by atoms with E-state index in [4.69, 9.17) is 4.98 Å². The number of nitrogens with zero attached hydrogens (tertiary/aromatic N) is 3. The predicted molar refractivity (Wildman–Crippen MR) is 137 cm³/mol. The standard InChI is InChI=1S/C26H26N5OP/c1-30-10-12-31(13-11-30)24-9-7-18(16-27-24)25-20-8-6-17(15-23(20)29-33-25)14-21-19-4-2-3-5-22(19)28-26(21)32/h2-9,14-16,25,29,33H,10-13H2,1H3,(H,28,32)/b21-14+. The molecule has 1 amide bonds. The summed E-state index contributed by atoms with van der Waals surface area (Å²) in [6, 6.07) is 18.7. The molecule has 6 rings (SSSR count). The van der Waals surface area contributed by atoms with Crippen molar-refractivity contribution < 1.29 is 4.79 Å². The van der Waals surface area contributed by atoms with Crippen LogP contribution in [0.1, 0.15) is 27.9 Å². The number of nitrogens with one attached hydrogen (secondary N) is 2. The fourth-order valence-electron chi connectivity index (χ4n) is 4.75. The molecule has 3 aliphatic heterocycles. The van der Waals surface area contributed by atoms with Crippen molar-refractivity contribution in [2.24, 2.45) is 0 Å². The Hall–Kier alpha value is -3.21. The van der Waals surface area contributed by atoms with E-state index >= 15 is 0 Å². The summed E-state index contributed by atoms with van der Waals surface area (Å²) in [6.45, 7) is 4.21. The average Bonchev–Trinajstić information content (AvgIpc) is 3.40. The zero-order valence-electron chi connectivity index (χ0n) is 18.5. The number of amides is 1. The highest BCUT2D eigenvalue weighted by Gasteiger charge is 2.26.